The highest BCUT2D eigenvalue weighted by molar-refractivity contribution is 5.89. The third-order valence-corrected chi connectivity index (χ3v) is 5.75. The van der Waals surface area contributed by atoms with Crippen molar-refractivity contribution in [2.75, 3.05) is 13.7 Å². The SMILES string of the molecule is COC(=O)C1=CO[C@@H](O[C@@H]2OC(CO)[C@H](O)C(O)C2O)[C@@H]2[C@@H](C)[C@@H](O)C[C@H]12. The van der Waals surface area contributed by atoms with Crippen LogP contribution in [-0.2, 0) is 23.7 Å². The summed E-state index contributed by atoms with van der Waals surface area (Å²) in [5.41, 5.74) is 0.291. The molecule has 2 fully saturated rings. The molecule has 1 aliphatic carbocycles. The summed E-state index contributed by atoms with van der Waals surface area (Å²) in [5.74, 6) is -1.63. The fraction of sp³-hybridized carbons (Fsp3) is 0.824. The second-order valence-corrected chi connectivity index (χ2v) is 7.25. The van der Waals surface area contributed by atoms with Gasteiger partial charge in [-0.1, -0.05) is 6.92 Å². The molecule has 0 radical (unpaired) electrons. The maximum atomic E-state index is 12.0. The lowest BCUT2D eigenvalue weighted by Crippen LogP contribution is -2.60. The quantitative estimate of drug-likeness (QED) is 0.336. The molecular weight excluding hydrogens is 364 g/mol. The predicted molar refractivity (Wildman–Crippen MR) is 86.6 cm³/mol. The predicted octanol–water partition coefficient (Wildman–Crippen LogP) is -2.15. The second kappa shape index (κ2) is 8.00. The van der Waals surface area contributed by atoms with E-state index >= 15 is 0 Å². The van der Waals surface area contributed by atoms with E-state index in [1.54, 1.807) is 6.92 Å². The van der Waals surface area contributed by atoms with Gasteiger partial charge in [0, 0.05) is 11.8 Å². The number of fused-ring (bicyclic) bond motifs is 1. The van der Waals surface area contributed by atoms with Crippen molar-refractivity contribution in [3.05, 3.63) is 11.8 Å². The fourth-order valence-corrected chi connectivity index (χ4v) is 4.10. The molecule has 0 aromatic rings. The minimum Gasteiger partial charge on any atom is -0.472 e. The van der Waals surface area contributed by atoms with Gasteiger partial charge in [0.15, 0.2) is 6.29 Å². The van der Waals surface area contributed by atoms with Crippen molar-refractivity contribution in [1.29, 1.82) is 0 Å². The zero-order valence-electron chi connectivity index (χ0n) is 15.0. The Labute approximate surface area is 155 Å². The first-order valence-electron chi connectivity index (χ1n) is 8.88. The molecule has 0 bridgehead atoms. The average Bonchev–Trinajstić information content (AvgIpc) is 2.96. The molecule has 0 spiro atoms. The molecule has 10 heteroatoms. The number of carbonyl (C=O) groups excluding carboxylic acids is 1. The Hall–Kier alpha value is -1.27. The number of ether oxygens (including phenoxy) is 4. The van der Waals surface area contributed by atoms with Gasteiger partial charge in [-0.05, 0) is 12.3 Å². The van der Waals surface area contributed by atoms with Gasteiger partial charge in [0.1, 0.15) is 24.4 Å². The maximum absolute atomic E-state index is 12.0. The number of rotatable bonds is 4. The molecule has 10 atom stereocenters. The highest BCUT2D eigenvalue weighted by Gasteiger charge is 2.53. The lowest BCUT2D eigenvalue weighted by molar-refractivity contribution is -0.342. The smallest absolute Gasteiger partial charge is 0.337 e. The Balaban J connectivity index is 1.80. The van der Waals surface area contributed by atoms with E-state index in [2.05, 4.69) is 0 Å². The van der Waals surface area contributed by atoms with Gasteiger partial charge in [-0.3, -0.25) is 0 Å². The first-order valence-corrected chi connectivity index (χ1v) is 8.88. The van der Waals surface area contributed by atoms with Crippen LogP contribution in [-0.4, -0.2) is 88.3 Å². The van der Waals surface area contributed by atoms with Crippen molar-refractivity contribution in [3.63, 3.8) is 0 Å². The van der Waals surface area contributed by atoms with Crippen molar-refractivity contribution in [2.45, 2.75) is 56.4 Å². The largest absolute Gasteiger partial charge is 0.472 e. The summed E-state index contributed by atoms with van der Waals surface area (Å²) in [6, 6.07) is 0. The molecule has 27 heavy (non-hydrogen) atoms. The van der Waals surface area contributed by atoms with Gasteiger partial charge >= 0.3 is 5.97 Å². The number of esters is 1. The summed E-state index contributed by atoms with van der Waals surface area (Å²) in [5, 5.41) is 49.4. The minimum absolute atomic E-state index is 0.279. The van der Waals surface area contributed by atoms with E-state index in [0.717, 1.165) is 0 Å². The van der Waals surface area contributed by atoms with Gasteiger partial charge in [0.05, 0.1) is 31.7 Å². The summed E-state index contributed by atoms with van der Waals surface area (Å²) in [6.45, 7) is 1.21. The van der Waals surface area contributed by atoms with E-state index < -0.39 is 61.6 Å². The third-order valence-electron chi connectivity index (χ3n) is 5.75. The lowest BCUT2D eigenvalue weighted by Gasteiger charge is -2.43. The summed E-state index contributed by atoms with van der Waals surface area (Å²) < 4.78 is 21.4. The van der Waals surface area contributed by atoms with Crippen LogP contribution in [0.2, 0.25) is 0 Å². The van der Waals surface area contributed by atoms with E-state index in [1.807, 2.05) is 0 Å². The normalized spacial score (nSPS) is 47.0. The van der Waals surface area contributed by atoms with Crippen molar-refractivity contribution in [1.82, 2.24) is 0 Å². The van der Waals surface area contributed by atoms with Gasteiger partial charge < -0.3 is 44.5 Å². The number of hydrogen-bond donors (Lipinski definition) is 5. The van der Waals surface area contributed by atoms with Gasteiger partial charge in [-0.25, -0.2) is 4.79 Å². The van der Waals surface area contributed by atoms with Crippen LogP contribution in [0.1, 0.15) is 13.3 Å². The number of hydrogen-bond acceptors (Lipinski definition) is 10. The third kappa shape index (κ3) is 3.58. The van der Waals surface area contributed by atoms with Crippen LogP contribution < -0.4 is 0 Å². The lowest BCUT2D eigenvalue weighted by atomic mass is 9.83. The van der Waals surface area contributed by atoms with Crippen molar-refractivity contribution in [2.24, 2.45) is 17.8 Å². The van der Waals surface area contributed by atoms with Crippen LogP contribution in [0, 0.1) is 17.8 Å². The average molecular weight is 390 g/mol. The molecule has 10 nitrogen and oxygen atoms in total. The number of aliphatic hydroxyl groups is 5. The van der Waals surface area contributed by atoms with Gasteiger partial charge in [-0.15, -0.1) is 0 Å². The standard InChI is InChI=1S/C17H26O10/c1-6-9(19)3-7-8(15(23)24-2)5-25-16(11(6)7)27-17-14(22)13(21)12(20)10(4-18)26-17/h5-7,9-14,16-22H,3-4H2,1-2H3/t6-,7+,9-,10?,11+,12-,13?,14?,16-,17-/m0/s1. The first kappa shape index (κ1) is 20.5. The van der Waals surface area contributed by atoms with E-state index in [9.17, 15) is 30.3 Å². The number of methoxy groups -OCH3 is 1. The summed E-state index contributed by atoms with van der Waals surface area (Å²) >= 11 is 0. The van der Waals surface area contributed by atoms with E-state index in [0.29, 0.717) is 12.0 Å². The molecule has 3 rings (SSSR count). The molecule has 3 aliphatic rings. The molecule has 0 aromatic carbocycles. The Morgan fingerprint density at radius 3 is 2.52 bits per heavy atom. The monoisotopic (exact) mass is 390 g/mol. The Kier molecular flexibility index (Phi) is 6.06. The maximum Gasteiger partial charge on any atom is 0.337 e. The van der Waals surface area contributed by atoms with Gasteiger partial charge in [-0.2, -0.15) is 0 Å². The van der Waals surface area contributed by atoms with Crippen LogP contribution in [0.15, 0.2) is 11.8 Å². The van der Waals surface area contributed by atoms with E-state index in [1.165, 1.54) is 13.4 Å². The Morgan fingerprint density at radius 1 is 1.19 bits per heavy atom. The van der Waals surface area contributed by atoms with Crippen LogP contribution in [0.25, 0.3) is 0 Å². The van der Waals surface area contributed by atoms with Gasteiger partial charge in [0.25, 0.3) is 0 Å². The van der Waals surface area contributed by atoms with Crippen molar-refractivity contribution in [3.8, 4) is 0 Å². The van der Waals surface area contributed by atoms with E-state index in [-0.39, 0.29) is 11.8 Å². The topological polar surface area (TPSA) is 155 Å². The van der Waals surface area contributed by atoms with Crippen LogP contribution in [0.3, 0.4) is 0 Å². The molecule has 1 saturated heterocycles. The molecular formula is C17H26O10. The van der Waals surface area contributed by atoms with Crippen LogP contribution in [0.4, 0.5) is 0 Å². The molecule has 5 N–H and O–H groups in total. The highest BCUT2D eigenvalue weighted by Crippen LogP contribution is 2.47. The molecule has 1 saturated carbocycles. The molecule has 0 aromatic heterocycles. The summed E-state index contributed by atoms with van der Waals surface area (Å²) in [7, 11) is 1.25. The van der Waals surface area contributed by atoms with Crippen molar-refractivity contribution < 1.29 is 49.3 Å². The van der Waals surface area contributed by atoms with Crippen LogP contribution >= 0.6 is 0 Å². The molecule has 2 heterocycles. The number of carbonyl (C=O) groups is 1. The zero-order chi connectivity index (χ0) is 19.9. The minimum atomic E-state index is -1.58. The Bertz CT molecular complexity index is 578. The summed E-state index contributed by atoms with van der Waals surface area (Å²) in [4.78, 5) is 12.0. The second-order valence-electron chi connectivity index (χ2n) is 7.25. The molecule has 154 valence electrons. The summed E-state index contributed by atoms with van der Waals surface area (Å²) in [6.07, 6.45) is -7.25. The van der Waals surface area contributed by atoms with Crippen molar-refractivity contribution >= 4 is 5.97 Å². The molecule has 0 amide bonds. The first-order chi connectivity index (χ1) is 12.8. The van der Waals surface area contributed by atoms with Crippen LogP contribution in [0.5, 0.6) is 0 Å². The fourth-order valence-electron chi connectivity index (χ4n) is 4.10. The van der Waals surface area contributed by atoms with Gasteiger partial charge in [0.2, 0.25) is 6.29 Å². The van der Waals surface area contributed by atoms with E-state index in [4.69, 9.17) is 18.9 Å². The Morgan fingerprint density at radius 2 is 1.89 bits per heavy atom. The molecule has 2 aliphatic heterocycles. The number of aliphatic hydroxyl groups excluding tert-OH is 5. The zero-order valence-corrected chi connectivity index (χ0v) is 15.0. The molecule has 3 unspecified atom stereocenters. The highest BCUT2D eigenvalue weighted by atomic mass is 16.8.